The second-order valence-electron chi connectivity index (χ2n) is 7.38. The van der Waals surface area contributed by atoms with Crippen molar-refractivity contribution in [3.8, 4) is 0 Å². The largest absolute Gasteiger partial charge is 0.355 e. The van der Waals surface area contributed by atoms with Crippen LogP contribution in [0.3, 0.4) is 0 Å². The Labute approximate surface area is 137 Å². The van der Waals surface area contributed by atoms with Gasteiger partial charge in [-0.3, -0.25) is 0 Å². The molecule has 2 rings (SSSR count). The maximum Gasteiger partial charge on any atom is 0.137 e. The van der Waals surface area contributed by atoms with Crippen molar-refractivity contribution in [3.63, 3.8) is 0 Å². The zero-order valence-electron chi connectivity index (χ0n) is 14.0. The molecule has 1 aromatic rings. The second-order valence-corrected chi connectivity index (χ2v) is 9.54. The predicted molar refractivity (Wildman–Crippen MR) is 93.8 cm³/mol. The zero-order valence-corrected chi connectivity index (χ0v) is 15.5. The third kappa shape index (κ3) is 4.04. The summed E-state index contributed by atoms with van der Waals surface area (Å²) in [4.78, 5) is 11.7. The third-order valence-corrected chi connectivity index (χ3v) is 5.61. The van der Waals surface area contributed by atoms with Crippen molar-refractivity contribution in [2.24, 2.45) is 0 Å². The number of hydrogen-bond acceptors (Lipinski definition) is 4. The smallest absolute Gasteiger partial charge is 0.137 e. The van der Waals surface area contributed by atoms with E-state index in [2.05, 4.69) is 44.5 Å². The van der Waals surface area contributed by atoms with Crippen LogP contribution < -0.4 is 4.90 Å². The fourth-order valence-electron chi connectivity index (χ4n) is 2.35. The molecule has 5 heteroatoms. The molecule has 3 nitrogen and oxygen atoms in total. The van der Waals surface area contributed by atoms with Crippen LogP contribution in [0, 0.1) is 6.92 Å². The first kappa shape index (κ1) is 16.9. The molecule has 0 unspecified atom stereocenters. The summed E-state index contributed by atoms with van der Waals surface area (Å²) in [5.74, 6) is 2.96. The number of hydrogen-bond donors (Lipinski definition) is 0. The molecular formula is C16H26ClN3S. The van der Waals surface area contributed by atoms with Crippen LogP contribution >= 0.6 is 23.4 Å². The Hall–Kier alpha value is -0.480. The average Bonchev–Trinajstić information content (AvgIpc) is 2.52. The SMILES string of the molecule is Cc1c(Cl)nc(C(C)(C)C)nc1N1CCSC(C)(C)CC1. The Kier molecular flexibility index (Phi) is 4.79. The van der Waals surface area contributed by atoms with Gasteiger partial charge in [-0.25, -0.2) is 9.97 Å². The molecule has 0 aromatic carbocycles. The minimum Gasteiger partial charge on any atom is -0.355 e. The van der Waals surface area contributed by atoms with Crippen LogP contribution in [-0.2, 0) is 5.41 Å². The minimum absolute atomic E-state index is 0.0913. The molecule has 0 radical (unpaired) electrons. The van der Waals surface area contributed by atoms with Crippen LogP contribution in [0.4, 0.5) is 5.82 Å². The molecule has 0 N–H and O–H groups in total. The highest BCUT2D eigenvalue weighted by atomic mass is 35.5. The normalized spacial score (nSPS) is 19.5. The molecule has 0 atom stereocenters. The second kappa shape index (κ2) is 5.96. The van der Waals surface area contributed by atoms with Gasteiger partial charge in [-0.1, -0.05) is 46.2 Å². The van der Waals surface area contributed by atoms with Crippen LogP contribution in [0.5, 0.6) is 0 Å². The topological polar surface area (TPSA) is 29.0 Å². The first-order valence-corrected chi connectivity index (χ1v) is 8.90. The number of anilines is 1. The molecule has 1 aliphatic heterocycles. The fraction of sp³-hybridized carbons (Fsp3) is 0.750. The summed E-state index contributed by atoms with van der Waals surface area (Å²) in [5, 5.41) is 0.584. The first-order chi connectivity index (χ1) is 9.60. The van der Waals surface area contributed by atoms with Gasteiger partial charge in [0.25, 0.3) is 0 Å². The number of halogens is 1. The molecule has 21 heavy (non-hydrogen) atoms. The lowest BCUT2D eigenvalue weighted by atomic mass is 9.95. The average molecular weight is 328 g/mol. The van der Waals surface area contributed by atoms with E-state index in [-0.39, 0.29) is 5.41 Å². The van der Waals surface area contributed by atoms with Gasteiger partial charge in [0.1, 0.15) is 16.8 Å². The minimum atomic E-state index is -0.0913. The van der Waals surface area contributed by atoms with Gasteiger partial charge in [0.05, 0.1) is 0 Å². The summed E-state index contributed by atoms with van der Waals surface area (Å²) < 4.78 is 0.340. The van der Waals surface area contributed by atoms with Crippen molar-refractivity contribution in [3.05, 3.63) is 16.5 Å². The summed E-state index contributed by atoms with van der Waals surface area (Å²) in [6.45, 7) is 15.1. The number of nitrogens with zero attached hydrogens (tertiary/aromatic N) is 3. The van der Waals surface area contributed by atoms with Crippen LogP contribution in [0.2, 0.25) is 5.15 Å². The zero-order chi connectivity index (χ0) is 15.8. The van der Waals surface area contributed by atoms with E-state index in [9.17, 15) is 0 Å². The van der Waals surface area contributed by atoms with E-state index in [1.165, 1.54) is 0 Å². The summed E-state index contributed by atoms with van der Waals surface area (Å²) in [5.41, 5.74) is 0.903. The van der Waals surface area contributed by atoms with Crippen molar-refractivity contribution in [1.29, 1.82) is 0 Å². The van der Waals surface area contributed by atoms with Gasteiger partial charge >= 0.3 is 0 Å². The third-order valence-electron chi connectivity index (χ3n) is 3.87. The van der Waals surface area contributed by atoms with Gasteiger partial charge in [-0.2, -0.15) is 11.8 Å². The summed E-state index contributed by atoms with van der Waals surface area (Å²) in [7, 11) is 0. The molecule has 1 fully saturated rings. The Morgan fingerprint density at radius 3 is 2.48 bits per heavy atom. The van der Waals surface area contributed by atoms with Gasteiger partial charge < -0.3 is 4.90 Å². The maximum absolute atomic E-state index is 6.36. The van der Waals surface area contributed by atoms with Gasteiger partial charge in [0.15, 0.2) is 0 Å². The van der Waals surface area contributed by atoms with E-state index in [4.69, 9.17) is 16.6 Å². The van der Waals surface area contributed by atoms with Crippen LogP contribution in [0.1, 0.15) is 52.4 Å². The Balaban J connectivity index is 2.36. The molecule has 1 aromatic heterocycles. The van der Waals surface area contributed by atoms with E-state index >= 15 is 0 Å². The number of aromatic nitrogens is 2. The van der Waals surface area contributed by atoms with Crippen molar-refractivity contribution >= 4 is 29.2 Å². The van der Waals surface area contributed by atoms with Crippen LogP contribution in [0.15, 0.2) is 0 Å². The fourth-order valence-corrected chi connectivity index (χ4v) is 3.62. The standard InChI is InChI=1S/C16H26ClN3S/c1-11-12(17)18-14(15(2,3)4)19-13(11)20-8-7-16(5,6)21-10-9-20/h7-10H2,1-6H3. The molecule has 0 amide bonds. The van der Waals surface area contributed by atoms with Crippen molar-refractivity contribution < 1.29 is 0 Å². The molecule has 1 aliphatic rings. The highest BCUT2D eigenvalue weighted by Gasteiger charge is 2.27. The van der Waals surface area contributed by atoms with Crippen LogP contribution in [-0.4, -0.2) is 33.6 Å². The Morgan fingerprint density at radius 1 is 1.19 bits per heavy atom. The first-order valence-electron chi connectivity index (χ1n) is 7.54. The predicted octanol–water partition coefficient (Wildman–Crippen LogP) is 4.46. The van der Waals surface area contributed by atoms with E-state index in [1.807, 2.05) is 18.7 Å². The number of rotatable bonds is 1. The van der Waals surface area contributed by atoms with E-state index in [0.29, 0.717) is 9.90 Å². The molecule has 0 spiro atoms. The van der Waals surface area contributed by atoms with Gasteiger partial charge in [0.2, 0.25) is 0 Å². The monoisotopic (exact) mass is 327 g/mol. The molecule has 2 heterocycles. The molecule has 0 saturated carbocycles. The van der Waals surface area contributed by atoms with E-state index in [1.54, 1.807) is 0 Å². The van der Waals surface area contributed by atoms with Gasteiger partial charge in [0, 0.05) is 34.6 Å². The van der Waals surface area contributed by atoms with E-state index < -0.39 is 0 Å². The van der Waals surface area contributed by atoms with Gasteiger partial charge in [-0.05, 0) is 13.3 Å². The highest BCUT2D eigenvalue weighted by molar-refractivity contribution is 8.00. The highest BCUT2D eigenvalue weighted by Crippen LogP contribution is 2.34. The number of thioether (sulfide) groups is 1. The Morgan fingerprint density at radius 2 is 1.86 bits per heavy atom. The molecule has 118 valence electrons. The summed E-state index contributed by atoms with van der Waals surface area (Å²) in [6.07, 6.45) is 1.16. The molecular weight excluding hydrogens is 302 g/mol. The maximum atomic E-state index is 6.36. The Bertz CT molecular complexity index is 523. The molecule has 1 saturated heterocycles. The van der Waals surface area contributed by atoms with Crippen molar-refractivity contribution in [2.45, 2.75) is 58.1 Å². The lowest BCUT2D eigenvalue weighted by Gasteiger charge is -2.27. The lowest BCUT2D eigenvalue weighted by Crippen LogP contribution is -2.30. The quantitative estimate of drug-likeness (QED) is 0.712. The van der Waals surface area contributed by atoms with Crippen LogP contribution in [0.25, 0.3) is 0 Å². The molecule has 0 bridgehead atoms. The van der Waals surface area contributed by atoms with Crippen molar-refractivity contribution in [1.82, 2.24) is 9.97 Å². The van der Waals surface area contributed by atoms with E-state index in [0.717, 1.165) is 42.5 Å². The summed E-state index contributed by atoms with van der Waals surface area (Å²) in [6, 6.07) is 0. The molecule has 0 aliphatic carbocycles. The summed E-state index contributed by atoms with van der Waals surface area (Å²) >= 11 is 8.40. The van der Waals surface area contributed by atoms with Gasteiger partial charge in [-0.15, -0.1) is 0 Å². The van der Waals surface area contributed by atoms with Crippen molar-refractivity contribution in [2.75, 3.05) is 23.7 Å². The lowest BCUT2D eigenvalue weighted by molar-refractivity contribution is 0.542.